The zero-order valence-electron chi connectivity index (χ0n) is 36.1. The van der Waals surface area contributed by atoms with Crippen molar-refractivity contribution >= 4 is 53.4 Å². The van der Waals surface area contributed by atoms with Crippen LogP contribution in [0.3, 0.4) is 0 Å². The molecule has 0 aromatic heterocycles. The van der Waals surface area contributed by atoms with Crippen LogP contribution in [0.4, 0.5) is 0 Å². The Labute approximate surface area is 371 Å². The second-order valence-electron chi connectivity index (χ2n) is 15.5. The predicted octanol–water partition coefficient (Wildman–Crippen LogP) is -7.19. The minimum Gasteiger partial charge on any atom is -0.480 e. The molecule has 0 aliphatic carbocycles. The first-order valence-electron chi connectivity index (χ1n) is 20.4. The highest BCUT2D eigenvalue weighted by atomic mass is 16.7. The van der Waals surface area contributed by atoms with Gasteiger partial charge in [-0.25, -0.2) is 4.79 Å². The first-order valence-corrected chi connectivity index (χ1v) is 20.4. The van der Waals surface area contributed by atoms with Crippen LogP contribution in [0, 0.1) is 0 Å². The van der Waals surface area contributed by atoms with Crippen molar-refractivity contribution in [3.05, 3.63) is 0 Å². The van der Waals surface area contributed by atoms with E-state index in [0.717, 1.165) is 27.7 Å². The fourth-order valence-corrected chi connectivity index (χ4v) is 6.62. The molecule has 0 saturated carbocycles. The highest BCUT2D eigenvalue weighted by Crippen LogP contribution is 2.31. The summed E-state index contributed by atoms with van der Waals surface area (Å²) in [5.41, 5.74) is 5.49. The van der Waals surface area contributed by atoms with Crippen LogP contribution in [0.1, 0.15) is 66.7 Å². The van der Waals surface area contributed by atoms with Crippen LogP contribution >= 0.6 is 0 Å². The second-order valence-corrected chi connectivity index (χ2v) is 15.5. The fourth-order valence-electron chi connectivity index (χ4n) is 6.62. The lowest BCUT2D eigenvalue weighted by Gasteiger charge is -2.48. The van der Waals surface area contributed by atoms with Gasteiger partial charge < -0.3 is 97.4 Å². The molecule has 2 saturated heterocycles. The Morgan fingerprint density at radius 2 is 1.22 bits per heavy atom. The zero-order chi connectivity index (χ0) is 49.5. The summed E-state index contributed by atoms with van der Waals surface area (Å²) in [6.07, 6.45) is -16.4. The van der Waals surface area contributed by atoms with Crippen LogP contribution in [-0.2, 0) is 62.1 Å². The summed E-state index contributed by atoms with van der Waals surface area (Å²) in [6.45, 7) is 3.91. The molecule has 370 valence electrons. The predicted molar refractivity (Wildman–Crippen MR) is 213 cm³/mol. The molecule has 0 spiro atoms. The quantitative estimate of drug-likeness (QED) is 0.0404. The molecule has 0 radical (unpaired) electrons. The summed E-state index contributed by atoms with van der Waals surface area (Å²) < 4.78 is 23.1. The standard InChI is InChI=1S/C37H61N7O21/c1-13(30(52)44-20(35(59)60)9-10-23(49)43-19(8-6-7-18(38)34(57)58)32(54)40-14(2)33(55)56)39-31(53)15(3)62-29-25(42-17(5)48)36(61)63-22(12-46)28(29)65-37-24(41-16(4)47)27(51)26(50)21(11-45)64-37/h13-15,18-22,24-29,36-37,45-46,50-51,61H,6-12,38H2,1-5H3,(H,39,53)(H,40,54)(H,41,47)(H,42,48)(H,43,49)(H,44,52)(H,55,56)(H,57,58)(H,59,60)/t13-,14+,15+,18+,19-,20+,21+,22+,24+,25+,26+,27+,28+,29+,36-,37-/m0/s1. The summed E-state index contributed by atoms with van der Waals surface area (Å²) >= 11 is 0. The maximum absolute atomic E-state index is 13.4. The normalized spacial score (nSPS) is 28.1. The van der Waals surface area contributed by atoms with Gasteiger partial charge in [-0.1, -0.05) is 0 Å². The van der Waals surface area contributed by atoms with Gasteiger partial charge in [-0.15, -0.1) is 0 Å². The number of amides is 6. The number of carboxylic acids is 3. The van der Waals surface area contributed by atoms with Gasteiger partial charge in [0, 0.05) is 20.3 Å². The molecule has 65 heavy (non-hydrogen) atoms. The number of carbonyl (C=O) groups is 9. The molecule has 2 rings (SSSR count). The van der Waals surface area contributed by atoms with E-state index in [9.17, 15) is 73.8 Å². The Morgan fingerprint density at radius 1 is 0.631 bits per heavy atom. The van der Waals surface area contributed by atoms with E-state index >= 15 is 0 Å². The third-order valence-electron chi connectivity index (χ3n) is 10.2. The summed E-state index contributed by atoms with van der Waals surface area (Å²) in [6, 6.07) is -10.3. The molecular formula is C37H61N7O21. The number of nitrogens with two attached hydrogens (primary N) is 1. The molecule has 28 heteroatoms. The topological polar surface area (TPSA) is 451 Å². The zero-order valence-corrected chi connectivity index (χ0v) is 36.1. The smallest absolute Gasteiger partial charge is 0.326 e. The minimum atomic E-state index is -1.90. The maximum Gasteiger partial charge on any atom is 0.326 e. The molecule has 2 aliphatic rings. The van der Waals surface area contributed by atoms with Gasteiger partial charge in [-0.05, 0) is 46.5 Å². The lowest BCUT2D eigenvalue weighted by molar-refractivity contribution is -0.333. The van der Waals surface area contributed by atoms with Crippen LogP contribution in [0.25, 0.3) is 0 Å². The van der Waals surface area contributed by atoms with E-state index in [-0.39, 0.29) is 19.3 Å². The third kappa shape index (κ3) is 17.0. The van der Waals surface area contributed by atoms with Crippen LogP contribution in [-0.4, -0.2) is 205 Å². The van der Waals surface area contributed by atoms with Crippen molar-refractivity contribution in [2.24, 2.45) is 5.73 Å². The van der Waals surface area contributed by atoms with E-state index < -0.39 is 177 Å². The minimum absolute atomic E-state index is 0.0111. The first-order chi connectivity index (χ1) is 30.3. The molecule has 2 fully saturated rings. The van der Waals surface area contributed by atoms with Gasteiger partial charge in [0.05, 0.1) is 13.2 Å². The highest BCUT2D eigenvalue weighted by Gasteiger charge is 2.53. The molecule has 0 aromatic carbocycles. The Morgan fingerprint density at radius 3 is 1.75 bits per heavy atom. The molecule has 16 N–H and O–H groups in total. The number of hydrogen-bond acceptors (Lipinski definition) is 19. The summed E-state index contributed by atoms with van der Waals surface area (Å²) in [4.78, 5) is 111. The Kier molecular flexibility index (Phi) is 22.5. The molecule has 0 aromatic rings. The Balaban J connectivity index is 2.21. The van der Waals surface area contributed by atoms with Crippen molar-refractivity contribution in [1.29, 1.82) is 0 Å². The number of ether oxygens (including phenoxy) is 4. The van der Waals surface area contributed by atoms with Gasteiger partial charge in [0.1, 0.15) is 85.0 Å². The Hall–Kier alpha value is -5.17. The van der Waals surface area contributed by atoms with Crippen molar-refractivity contribution in [1.82, 2.24) is 31.9 Å². The Bertz CT molecular complexity index is 1690. The van der Waals surface area contributed by atoms with Crippen LogP contribution < -0.4 is 37.6 Å². The van der Waals surface area contributed by atoms with Crippen LogP contribution in [0.5, 0.6) is 0 Å². The molecule has 0 unspecified atom stereocenters. The molecule has 28 nitrogen and oxygen atoms in total. The maximum atomic E-state index is 13.4. The van der Waals surface area contributed by atoms with Crippen molar-refractivity contribution in [3.8, 4) is 0 Å². The SMILES string of the molecule is CC(=O)N[C@@H]1[C@@H](O[C@H](C)C(=O)N[C@@H](C)C(=O)N[C@H](CCC(=O)N[C@@H](CCC[C@@H](N)C(=O)O)C(=O)N[C@H](C)C(=O)O)C(=O)O)[C@H](O[C@@H]2O[C@H](CO)[C@@H](O)[C@H](O)[C@H]2NC(C)=O)[C@@H](CO)O[C@@H]1O. The van der Waals surface area contributed by atoms with Crippen molar-refractivity contribution in [3.63, 3.8) is 0 Å². The van der Waals surface area contributed by atoms with Gasteiger partial charge in [0.2, 0.25) is 35.4 Å². The van der Waals surface area contributed by atoms with Crippen molar-refractivity contribution < 1.29 is 103 Å². The van der Waals surface area contributed by atoms with Gasteiger partial charge in [-0.2, -0.15) is 0 Å². The van der Waals surface area contributed by atoms with Crippen LogP contribution in [0.15, 0.2) is 0 Å². The molecule has 2 aliphatic heterocycles. The van der Waals surface area contributed by atoms with Gasteiger partial charge in [0.15, 0.2) is 12.6 Å². The largest absolute Gasteiger partial charge is 0.480 e. The van der Waals surface area contributed by atoms with Crippen molar-refractivity contribution in [2.75, 3.05) is 13.2 Å². The number of aliphatic hydroxyl groups excluding tert-OH is 5. The first kappa shape index (κ1) is 56.0. The van der Waals surface area contributed by atoms with Crippen molar-refractivity contribution in [2.45, 2.75) is 164 Å². The number of aliphatic hydroxyl groups is 5. The van der Waals surface area contributed by atoms with E-state index in [1.54, 1.807) is 0 Å². The number of carbonyl (C=O) groups excluding carboxylic acids is 6. The number of carboxylic acid groups (broad SMARTS) is 3. The van der Waals surface area contributed by atoms with Gasteiger partial charge >= 0.3 is 17.9 Å². The number of aliphatic carboxylic acids is 3. The second kappa shape index (κ2) is 26.1. The summed E-state index contributed by atoms with van der Waals surface area (Å²) in [5, 5.41) is 93.8. The molecule has 0 bridgehead atoms. The van der Waals surface area contributed by atoms with E-state index in [1.165, 1.54) is 6.92 Å². The lowest BCUT2D eigenvalue weighted by Crippen LogP contribution is -2.70. The summed E-state index contributed by atoms with van der Waals surface area (Å²) in [7, 11) is 0. The average molecular weight is 940 g/mol. The van der Waals surface area contributed by atoms with E-state index in [4.69, 9.17) is 34.9 Å². The summed E-state index contributed by atoms with van der Waals surface area (Å²) in [5.74, 6) is -9.67. The molecule has 2 heterocycles. The lowest BCUT2D eigenvalue weighted by atomic mass is 9.94. The van der Waals surface area contributed by atoms with E-state index in [2.05, 4.69) is 31.9 Å². The van der Waals surface area contributed by atoms with E-state index in [0.29, 0.717) is 0 Å². The van der Waals surface area contributed by atoms with Gasteiger partial charge in [0.25, 0.3) is 0 Å². The number of nitrogens with one attached hydrogen (secondary N) is 6. The fraction of sp³-hybridized carbons (Fsp3) is 0.757. The van der Waals surface area contributed by atoms with Gasteiger partial charge in [-0.3, -0.25) is 38.4 Å². The molecular weight excluding hydrogens is 878 g/mol. The average Bonchev–Trinajstić information content (AvgIpc) is 3.22. The third-order valence-corrected chi connectivity index (χ3v) is 10.2. The number of rotatable bonds is 25. The van der Waals surface area contributed by atoms with Crippen LogP contribution in [0.2, 0.25) is 0 Å². The highest BCUT2D eigenvalue weighted by molar-refractivity contribution is 5.92. The molecule has 6 amide bonds. The number of hydrogen-bond donors (Lipinski definition) is 15. The van der Waals surface area contributed by atoms with E-state index in [1.807, 2.05) is 0 Å². The monoisotopic (exact) mass is 939 g/mol. The molecule has 16 atom stereocenters.